The second kappa shape index (κ2) is 14.1. The van der Waals surface area contributed by atoms with Gasteiger partial charge in [-0.3, -0.25) is 13.9 Å². The maximum absolute atomic E-state index is 13.9. The van der Waals surface area contributed by atoms with Crippen molar-refractivity contribution in [2.75, 3.05) is 17.5 Å². The molecule has 2 unspecified atom stereocenters. The normalized spacial score (nSPS) is 12.7. The topological polar surface area (TPSA) is 96.0 Å². The zero-order valence-electron chi connectivity index (χ0n) is 23.5. The summed E-state index contributed by atoms with van der Waals surface area (Å²) in [5.41, 5.74) is 0.609. The first-order valence-corrected chi connectivity index (χ1v) is 14.8. The van der Waals surface area contributed by atoms with Crippen LogP contribution in [-0.4, -0.2) is 50.4 Å². The van der Waals surface area contributed by atoms with Crippen LogP contribution in [0.5, 0.6) is 5.75 Å². The van der Waals surface area contributed by atoms with Gasteiger partial charge in [0.1, 0.15) is 30.0 Å². The summed E-state index contributed by atoms with van der Waals surface area (Å²) in [6.45, 7) is 6.73. The van der Waals surface area contributed by atoms with Crippen LogP contribution < -0.4 is 14.4 Å². The lowest BCUT2D eigenvalue weighted by atomic mass is 10.1. The predicted octanol–water partition coefficient (Wildman–Crippen LogP) is 4.89. The average molecular weight is 588 g/mol. The third kappa shape index (κ3) is 8.26. The van der Waals surface area contributed by atoms with Crippen molar-refractivity contribution in [3.63, 3.8) is 0 Å². The van der Waals surface area contributed by atoms with Gasteiger partial charge in [-0.15, -0.1) is 0 Å². The lowest BCUT2D eigenvalue weighted by Crippen LogP contribution is -2.52. The number of ether oxygens (including phenoxy) is 1. The maximum atomic E-state index is 13.9. The molecule has 41 heavy (non-hydrogen) atoms. The first kappa shape index (κ1) is 31.5. The fraction of sp³-hybridized carbons (Fsp3) is 0.333. The van der Waals surface area contributed by atoms with E-state index >= 15 is 0 Å². The molecule has 3 rings (SSSR count). The summed E-state index contributed by atoms with van der Waals surface area (Å²) in [5, 5.41) is 2.84. The number of sulfonamides is 1. The van der Waals surface area contributed by atoms with Gasteiger partial charge in [0.05, 0.1) is 17.2 Å². The Morgan fingerprint density at radius 1 is 0.878 bits per heavy atom. The molecule has 0 aliphatic carbocycles. The summed E-state index contributed by atoms with van der Waals surface area (Å²) >= 11 is 0. The first-order valence-electron chi connectivity index (χ1n) is 13.3. The number of amides is 2. The predicted molar refractivity (Wildman–Crippen MR) is 153 cm³/mol. The molecule has 0 aliphatic heterocycles. The molecule has 0 spiro atoms. The molecule has 0 radical (unpaired) electrons. The molecule has 3 aromatic rings. The van der Waals surface area contributed by atoms with E-state index in [1.165, 1.54) is 65.6 Å². The molecular weight excluding hydrogens is 552 g/mol. The molecule has 1 N–H and O–H groups in total. The summed E-state index contributed by atoms with van der Waals surface area (Å²) in [6.07, 6.45) is 0.670. The number of rotatable bonds is 13. The van der Waals surface area contributed by atoms with Gasteiger partial charge < -0.3 is 15.0 Å². The van der Waals surface area contributed by atoms with Gasteiger partial charge in [-0.25, -0.2) is 17.2 Å². The largest absolute Gasteiger partial charge is 0.494 e. The molecule has 0 heterocycles. The van der Waals surface area contributed by atoms with Crippen LogP contribution in [0.1, 0.15) is 39.7 Å². The minimum atomic E-state index is -4.32. The zero-order chi connectivity index (χ0) is 30.2. The Kier molecular flexibility index (Phi) is 10.8. The summed E-state index contributed by atoms with van der Waals surface area (Å²) < 4.78 is 61.2. The lowest BCUT2D eigenvalue weighted by molar-refractivity contribution is -0.139. The third-order valence-corrected chi connectivity index (χ3v) is 8.34. The number of halogens is 2. The van der Waals surface area contributed by atoms with Crippen LogP contribution >= 0.6 is 0 Å². The number of anilines is 1. The number of nitrogens with one attached hydrogen (secondary N) is 1. The minimum Gasteiger partial charge on any atom is -0.494 e. The van der Waals surface area contributed by atoms with E-state index in [1.54, 1.807) is 13.8 Å². The van der Waals surface area contributed by atoms with Gasteiger partial charge in [0, 0.05) is 12.6 Å². The highest BCUT2D eigenvalue weighted by Gasteiger charge is 2.33. The molecule has 3 aromatic carbocycles. The van der Waals surface area contributed by atoms with E-state index in [1.807, 2.05) is 13.8 Å². The van der Waals surface area contributed by atoms with Gasteiger partial charge in [-0.1, -0.05) is 19.1 Å². The molecule has 0 saturated heterocycles. The monoisotopic (exact) mass is 587 g/mol. The standard InChI is InChI=1S/C30H35F2N3O5S/c1-5-21(3)33-30(37)22(4)34(19-23-7-9-24(31)10-8-23)29(36)20-35(26-13-11-25(32)12-14-26)41(38,39)28-17-15-27(16-18-28)40-6-2/h7-18,21-22H,5-6,19-20H2,1-4H3,(H,33,37). The summed E-state index contributed by atoms with van der Waals surface area (Å²) in [5.74, 6) is -1.66. The summed E-state index contributed by atoms with van der Waals surface area (Å²) in [6, 6.07) is 14.8. The van der Waals surface area contributed by atoms with Crippen molar-refractivity contribution in [3.8, 4) is 5.75 Å². The molecule has 0 saturated carbocycles. The maximum Gasteiger partial charge on any atom is 0.264 e. The second-order valence-electron chi connectivity index (χ2n) is 9.53. The van der Waals surface area contributed by atoms with Crippen molar-refractivity contribution in [2.45, 2.75) is 57.6 Å². The van der Waals surface area contributed by atoms with E-state index < -0.39 is 46.1 Å². The fourth-order valence-electron chi connectivity index (χ4n) is 3.97. The van der Waals surface area contributed by atoms with Crippen molar-refractivity contribution in [1.29, 1.82) is 0 Å². The van der Waals surface area contributed by atoms with E-state index in [2.05, 4.69) is 5.32 Å². The van der Waals surface area contributed by atoms with Crippen molar-refractivity contribution >= 4 is 27.5 Å². The molecule has 11 heteroatoms. The highest BCUT2D eigenvalue weighted by Crippen LogP contribution is 2.26. The first-order chi connectivity index (χ1) is 19.5. The number of benzene rings is 3. The van der Waals surface area contributed by atoms with Crippen molar-refractivity contribution in [3.05, 3.63) is 90.0 Å². The number of nitrogens with zero attached hydrogens (tertiary/aromatic N) is 2. The van der Waals surface area contributed by atoms with E-state index in [0.717, 1.165) is 16.4 Å². The van der Waals surface area contributed by atoms with Gasteiger partial charge in [-0.05, 0) is 93.4 Å². The average Bonchev–Trinajstić information content (AvgIpc) is 2.96. The van der Waals surface area contributed by atoms with E-state index in [0.29, 0.717) is 24.3 Å². The zero-order valence-corrected chi connectivity index (χ0v) is 24.3. The smallest absolute Gasteiger partial charge is 0.264 e. The Morgan fingerprint density at radius 3 is 1.98 bits per heavy atom. The van der Waals surface area contributed by atoms with Crippen LogP contribution in [0.15, 0.2) is 77.7 Å². The molecule has 2 atom stereocenters. The Labute approximate surface area is 240 Å². The fourth-order valence-corrected chi connectivity index (χ4v) is 5.39. The van der Waals surface area contributed by atoms with Crippen LogP contribution in [-0.2, 0) is 26.2 Å². The summed E-state index contributed by atoms with van der Waals surface area (Å²) in [4.78, 5) is 28.0. The minimum absolute atomic E-state index is 0.0621. The lowest BCUT2D eigenvalue weighted by Gasteiger charge is -2.32. The molecule has 0 fully saturated rings. The van der Waals surface area contributed by atoms with Gasteiger partial charge in [-0.2, -0.15) is 0 Å². The quantitative estimate of drug-likeness (QED) is 0.307. The van der Waals surface area contributed by atoms with Crippen LogP contribution in [0.25, 0.3) is 0 Å². The van der Waals surface area contributed by atoms with Crippen molar-refractivity contribution in [2.24, 2.45) is 0 Å². The SMILES string of the molecule is CCOc1ccc(S(=O)(=O)N(CC(=O)N(Cc2ccc(F)cc2)C(C)C(=O)NC(C)CC)c2ccc(F)cc2)cc1. The molecule has 8 nitrogen and oxygen atoms in total. The number of carbonyl (C=O) groups is 2. The molecule has 2 amide bonds. The molecule has 0 aliphatic rings. The Bertz CT molecular complexity index is 1420. The van der Waals surface area contributed by atoms with E-state index in [-0.39, 0.29) is 23.2 Å². The van der Waals surface area contributed by atoms with Crippen LogP contribution in [0.3, 0.4) is 0 Å². The van der Waals surface area contributed by atoms with Crippen LogP contribution in [0, 0.1) is 11.6 Å². The van der Waals surface area contributed by atoms with Crippen molar-refractivity contribution < 1.29 is 31.5 Å². The van der Waals surface area contributed by atoms with Gasteiger partial charge in [0.15, 0.2) is 0 Å². The van der Waals surface area contributed by atoms with Crippen LogP contribution in [0.2, 0.25) is 0 Å². The highest BCUT2D eigenvalue weighted by atomic mass is 32.2. The van der Waals surface area contributed by atoms with E-state index in [4.69, 9.17) is 4.74 Å². The molecule has 0 bridgehead atoms. The van der Waals surface area contributed by atoms with Gasteiger partial charge in [0.2, 0.25) is 11.8 Å². The Balaban J connectivity index is 2.01. The van der Waals surface area contributed by atoms with Gasteiger partial charge >= 0.3 is 0 Å². The number of hydrogen-bond donors (Lipinski definition) is 1. The number of carbonyl (C=O) groups excluding carboxylic acids is 2. The van der Waals surface area contributed by atoms with Crippen molar-refractivity contribution in [1.82, 2.24) is 10.2 Å². The number of hydrogen-bond acceptors (Lipinski definition) is 5. The highest BCUT2D eigenvalue weighted by molar-refractivity contribution is 7.92. The van der Waals surface area contributed by atoms with Gasteiger partial charge in [0.25, 0.3) is 10.0 Å². The Hall–Kier alpha value is -3.99. The summed E-state index contributed by atoms with van der Waals surface area (Å²) in [7, 11) is -4.32. The molecule has 0 aromatic heterocycles. The molecular formula is C30H35F2N3O5S. The second-order valence-corrected chi connectivity index (χ2v) is 11.4. The molecule has 220 valence electrons. The Morgan fingerprint density at radius 2 is 1.44 bits per heavy atom. The van der Waals surface area contributed by atoms with Crippen LogP contribution in [0.4, 0.5) is 14.5 Å². The third-order valence-electron chi connectivity index (χ3n) is 6.55. The van der Waals surface area contributed by atoms with E-state index in [9.17, 15) is 26.8 Å².